The molecule has 2 aromatic heterocycles. The van der Waals surface area contributed by atoms with Gasteiger partial charge in [0.2, 0.25) is 0 Å². The predicted molar refractivity (Wildman–Crippen MR) is 117 cm³/mol. The van der Waals surface area contributed by atoms with E-state index in [2.05, 4.69) is 15.4 Å². The van der Waals surface area contributed by atoms with Gasteiger partial charge in [0.25, 0.3) is 5.91 Å². The second-order valence-corrected chi connectivity index (χ2v) is 7.21. The third-order valence-electron chi connectivity index (χ3n) is 5.00. The Kier molecular flexibility index (Phi) is 6.12. The number of carbonyl (C=O) groups is 1. The Morgan fingerprint density at radius 2 is 1.82 bits per heavy atom. The number of aliphatic hydroxyl groups excluding tert-OH is 1. The lowest BCUT2D eigenvalue weighted by Crippen LogP contribution is -2.15. The molecule has 4 rings (SSSR count). The van der Waals surface area contributed by atoms with Gasteiger partial charge in [-0.1, -0.05) is 12.1 Å². The Hall–Kier alpha value is -4.12. The molecule has 0 aliphatic carbocycles. The monoisotopic (exact) mass is 472 g/mol. The van der Waals surface area contributed by atoms with Crippen LogP contribution in [0.2, 0.25) is 0 Å². The maximum atomic E-state index is 13.9. The number of carbonyl (C=O) groups excluding carboxylic acids is 1. The molecule has 0 bridgehead atoms. The summed E-state index contributed by atoms with van der Waals surface area (Å²) >= 11 is 0. The van der Waals surface area contributed by atoms with E-state index in [4.69, 9.17) is 9.47 Å². The van der Waals surface area contributed by atoms with Crippen LogP contribution >= 0.6 is 0 Å². The SMILES string of the molecule is COc1ccc(-c2cc(C(F)(F)F)n3nc(C(=O)Nc4cccc(CO)c4)cc3n2)cc1OC. The minimum Gasteiger partial charge on any atom is -0.493 e. The van der Waals surface area contributed by atoms with Crippen LogP contribution in [0.15, 0.2) is 54.6 Å². The molecular weight excluding hydrogens is 453 g/mol. The summed E-state index contributed by atoms with van der Waals surface area (Å²) in [5, 5.41) is 15.6. The molecule has 0 fully saturated rings. The first-order valence-corrected chi connectivity index (χ1v) is 9.95. The number of hydrogen-bond acceptors (Lipinski definition) is 6. The number of nitrogens with one attached hydrogen (secondary N) is 1. The van der Waals surface area contributed by atoms with Crippen molar-refractivity contribution in [3.8, 4) is 22.8 Å². The minimum absolute atomic E-state index is 0.0169. The topological polar surface area (TPSA) is 98.0 Å². The second-order valence-electron chi connectivity index (χ2n) is 7.21. The first-order chi connectivity index (χ1) is 16.2. The molecule has 2 aromatic carbocycles. The normalized spacial score (nSPS) is 11.5. The maximum Gasteiger partial charge on any atom is 0.433 e. The van der Waals surface area contributed by atoms with Crippen LogP contribution in [0.3, 0.4) is 0 Å². The predicted octanol–water partition coefficient (Wildman–Crippen LogP) is 4.18. The number of aromatic nitrogens is 3. The molecule has 0 aliphatic rings. The van der Waals surface area contributed by atoms with Gasteiger partial charge in [-0.15, -0.1) is 0 Å². The van der Waals surface area contributed by atoms with E-state index < -0.39 is 17.8 Å². The first-order valence-electron chi connectivity index (χ1n) is 9.95. The summed E-state index contributed by atoms with van der Waals surface area (Å²) in [6.45, 7) is -0.226. The summed E-state index contributed by atoms with van der Waals surface area (Å²) in [7, 11) is 2.86. The fourth-order valence-electron chi connectivity index (χ4n) is 3.37. The molecule has 0 saturated carbocycles. The summed E-state index contributed by atoms with van der Waals surface area (Å²) in [5.74, 6) is 0.0206. The third-order valence-corrected chi connectivity index (χ3v) is 5.00. The van der Waals surface area contributed by atoms with Gasteiger partial charge in [-0.3, -0.25) is 4.79 Å². The van der Waals surface area contributed by atoms with E-state index in [1.165, 1.54) is 26.4 Å². The van der Waals surface area contributed by atoms with E-state index in [9.17, 15) is 23.1 Å². The van der Waals surface area contributed by atoms with Gasteiger partial charge in [-0.25, -0.2) is 9.50 Å². The van der Waals surface area contributed by atoms with Crippen LogP contribution in [0.25, 0.3) is 16.9 Å². The summed E-state index contributed by atoms with van der Waals surface area (Å²) in [5.41, 5.74) is -0.201. The summed E-state index contributed by atoms with van der Waals surface area (Å²) in [6.07, 6.45) is -4.76. The molecule has 0 unspecified atom stereocenters. The highest BCUT2D eigenvalue weighted by Crippen LogP contribution is 2.35. The number of nitrogens with zero attached hydrogens (tertiary/aromatic N) is 3. The zero-order valence-corrected chi connectivity index (χ0v) is 18.1. The number of halogens is 3. The van der Waals surface area contributed by atoms with E-state index in [-0.39, 0.29) is 23.6 Å². The number of aliphatic hydroxyl groups is 1. The molecule has 2 heterocycles. The van der Waals surface area contributed by atoms with Crippen LogP contribution in [-0.4, -0.2) is 39.8 Å². The van der Waals surface area contributed by atoms with Crippen molar-refractivity contribution in [2.24, 2.45) is 0 Å². The smallest absolute Gasteiger partial charge is 0.433 e. The van der Waals surface area contributed by atoms with Crippen molar-refractivity contribution in [2.45, 2.75) is 12.8 Å². The van der Waals surface area contributed by atoms with Gasteiger partial charge in [0, 0.05) is 17.3 Å². The van der Waals surface area contributed by atoms with Crippen molar-refractivity contribution < 1.29 is 32.5 Å². The highest BCUT2D eigenvalue weighted by atomic mass is 19.4. The summed E-state index contributed by atoms with van der Waals surface area (Å²) in [4.78, 5) is 16.9. The lowest BCUT2D eigenvalue weighted by atomic mass is 10.1. The van der Waals surface area contributed by atoms with E-state index >= 15 is 0 Å². The zero-order chi connectivity index (χ0) is 24.5. The molecular formula is C23H19F3N4O4. The number of rotatable bonds is 6. The molecule has 11 heteroatoms. The summed E-state index contributed by atoms with van der Waals surface area (Å²) in [6, 6.07) is 13.1. The van der Waals surface area contributed by atoms with E-state index in [1.807, 2.05) is 0 Å². The van der Waals surface area contributed by atoms with Crippen LogP contribution in [0.4, 0.5) is 18.9 Å². The molecule has 0 spiro atoms. The van der Waals surface area contributed by atoms with Crippen LogP contribution in [0.1, 0.15) is 21.7 Å². The van der Waals surface area contributed by atoms with Gasteiger partial charge < -0.3 is 19.9 Å². The standard InChI is InChI=1S/C23H19F3N4O4/c1-33-18-7-6-14(9-19(18)34-2)16-10-20(23(24,25)26)30-21(28-16)11-17(29-30)22(32)27-15-5-3-4-13(8-15)12-31/h3-11,31H,12H2,1-2H3,(H,27,32). The fourth-order valence-corrected chi connectivity index (χ4v) is 3.37. The number of hydrogen-bond donors (Lipinski definition) is 2. The summed E-state index contributed by atoms with van der Waals surface area (Å²) < 4.78 is 52.6. The Balaban J connectivity index is 1.77. The number of benzene rings is 2. The van der Waals surface area contributed by atoms with Crippen molar-refractivity contribution in [1.82, 2.24) is 14.6 Å². The van der Waals surface area contributed by atoms with E-state index in [1.54, 1.807) is 36.4 Å². The first kappa shape index (κ1) is 23.1. The van der Waals surface area contributed by atoms with Crippen molar-refractivity contribution in [3.05, 3.63) is 71.5 Å². The maximum absolute atomic E-state index is 13.9. The molecule has 2 N–H and O–H groups in total. The Morgan fingerprint density at radius 1 is 1.06 bits per heavy atom. The van der Waals surface area contributed by atoms with Crippen molar-refractivity contribution in [2.75, 3.05) is 19.5 Å². The highest BCUT2D eigenvalue weighted by Gasteiger charge is 2.35. The average molecular weight is 472 g/mol. The largest absolute Gasteiger partial charge is 0.493 e. The lowest BCUT2D eigenvalue weighted by Gasteiger charge is -2.12. The van der Waals surface area contributed by atoms with Crippen molar-refractivity contribution in [1.29, 1.82) is 0 Å². The molecule has 0 radical (unpaired) electrons. The van der Waals surface area contributed by atoms with E-state index in [0.717, 1.165) is 6.07 Å². The molecule has 8 nitrogen and oxygen atoms in total. The molecule has 176 valence electrons. The number of fused-ring (bicyclic) bond motifs is 1. The van der Waals surface area contributed by atoms with Gasteiger partial charge in [0.05, 0.1) is 26.5 Å². The Morgan fingerprint density at radius 3 is 2.50 bits per heavy atom. The van der Waals surface area contributed by atoms with Gasteiger partial charge in [0.1, 0.15) is 0 Å². The zero-order valence-electron chi connectivity index (χ0n) is 18.1. The van der Waals surface area contributed by atoms with Gasteiger partial charge in [-0.2, -0.15) is 18.3 Å². The number of ether oxygens (including phenoxy) is 2. The average Bonchev–Trinajstić information content (AvgIpc) is 3.26. The van der Waals surface area contributed by atoms with Gasteiger partial charge >= 0.3 is 6.18 Å². The lowest BCUT2D eigenvalue weighted by molar-refractivity contribution is -0.142. The molecule has 34 heavy (non-hydrogen) atoms. The van der Waals surface area contributed by atoms with E-state index in [0.29, 0.717) is 32.8 Å². The van der Waals surface area contributed by atoms with Gasteiger partial charge in [0.15, 0.2) is 28.5 Å². The quantitative estimate of drug-likeness (QED) is 0.437. The molecule has 1 amide bonds. The highest BCUT2D eigenvalue weighted by molar-refractivity contribution is 6.03. The molecule has 0 aliphatic heterocycles. The molecule has 0 saturated heterocycles. The van der Waals surface area contributed by atoms with Crippen LogP contribution in [0, 0.1) is 0 Å². The third kappa shape index (κ3) is 4.50. The van der Waals surface area contributed by atoms with Crippen molar-refractivity contribution >= 4 is 17.2 Å². The van der Waals surface area contributed by atoms with Crippen LogP contribution < -0.4 is 14.8 Å². The number of amides is 1. The molecule has 0 atom stereocenters. The number of alkyl halides is 3. The number of methoxy groups -OCH3 is 2. The minimum atomic E-state index is -4.76. The fraction of sp³-hybridized carbons (Fsp3) is 0.174. The Bertz CT molecular complexity index is 1370. The van der Waals surface area contributed by atoms with Crippen molar-refractivity contribution in [3.63, 3.8) is 0 Å². The number of anilines is 1. The van der Waals surface area contributed by atoms with Gasteiger partial charge in [-0.05, 0) is 42.0 Å². The van der Waals surface area contributed by atoms with Crippen LogP contribution in [0.5, 0.6) is 11.5 Å². The Labute approximate surface area is 191 Å². The second kappa shape index (κ2) is 9.02. The molecule has 4 aromatic rings. The van der Waals surface area contributed by atoms with Crippen LogP contribution in [-0.2, 0) is 12.8 Å².